The Hall–Kier alpha value is -2.45. The van der Waals surface area contributed by atoms with Gasteiger partial charge >= 0.3 is 5.97 Å². The van der Waals surface area contributed by atoms with Crippen LogP contribution in [0.25, 0.3) is 0 Å². The first-order valence-electron chi connectivity index (χ1n) is 8.37. The minimum absolute atomic E-state index is 0.0158. The molecule has 7 nitrogen and oxygen atoms in total. The van der Waals surface area contributed by atoms with Crippen LogP contribution in [0.3, 0.4) is 0 Å². The fraction of sp³-hybridized carbons (Fsp3) is 0.333. The van der Waals surface area contributed by atoms with E-state index in [0.29, 0.717) is 0 Å². The summed E-state index contributed by atoms with van der Waals surface area (Å²) in [5, 5.41) is 0. The van der Waals surface area contributed by atoms with E-state index in [1.165, 1.54) is 44.2 Å². The second-order valence-electron chi connectivity index (χ2n) is 6.06. The molecule has 26 heavy (non-hydrogen) atoms. The Bertz CT molecular complexity index is 876. The van der Waals surface area contributed by atoms with E-state index < -0.39 is 16.0 Å². The zero-order valence-corrected chi connectivity index (χ0v) is 15.3. The normalized spacial score (nSPS) is 14.4. The molecule has 138 valence electrons. The number of carbonyl (C=O) groups is 1. The average Bonchev–Trinajstić information content (AvgIpc) is 3.21. The molecule has 0 aliphatic carbocycles. The molecule has 0 atom stereocenters. The molecule has 8 heteroatoms. The number of anilines is 1. The van der Waals surface area contributed by atoms with Gasteiger partial charge in [-0.05, 0) is 42.7 Å². The minimum atomic E-state index is -3.74. The maximum atomic E-state index is 12.5. The Labute approximate surface area is 153 Å². The number of ether oxygens (including phenoxy) is 1. The first kappa shape index (κ1) is 18.3. The maximum absolute atomic E-state index is 12.5. The molecule has 0 bridgehead atoms. The monoisotopic (exact) mass is 375 g/mol. The van der Waals surface area contributed by atoms with Crippen LogP contribution in [0.4, 0.5) is 5.82 Å². The van der Waals surface area contributed by atoms with Crippen molar-refractivity contribution in [1.82, 2.24) is 9.71 Å². The van der Waals surface area contributed by atoms with Crippen molar-refractivity contribution in [3.63, 3.8) is 0 Å². The zero-order valence-electron chi connectivity index (χ0n) is 14.5. The van der Waals surface area contributed by atoms with E-state index in [4.69, 9.17) is 0 Å². The van der Waals surface area contributed by atoms with Crippen molar-refractivity contribution in [3.8, 4) is 0 Å². The third-order valence-electron chi connectivity index (χ3n) is 4.27. The Balaban J connectivity index is 1.67. The van der Waals surface area contributed by atoms with Gasteiger partial charge in [-0.3, -0.25) is 0 Å². The lowest BCUT2D eigenvalue weighted by molar-refractivity contribution is 0.0600. The first-order chi connectivity index (χ1) is 12.5. The highest BCUT2D eigenvalue weighted by molar-refractivity contribution is 7.89. The largest absolute Gasteiger partial charge is 0.465 e. The number of rotatable bonds is 6. The van der Waals surface area contributed by atoms with Crippen LogP contribution in [-0.2, 0) is 21.3 Å². The number of nitrogens with zero attached hydrogens (tertiary/aromatic N) is 2. The van der Waals surface area contributed by atoms with Crippen LogP contribution in [0.1, 0.15) is 28.8 Å². The lowest BCUT2D eigenvalue weighted by atomic mass is 10.2. The van der Waals surface area contributed by atoms with E-state index >= 15 is 0 Å². The molecular weight excluding hydrogens is 354 g/mol. The van der Waals surface area contributed by atoms with Gasteiger partial charge in [-0.1, -0.05) is 12.1 Å². The number of carbonyl (C=O) groups excluding carboxylic acids is 1. The van der Waals surface area contributed by atoms with Gasteiger partial charge in [-0.25, -0.2) is 22.9 Å². The molecule has 0 saturated carbocycles. The predicted octanol–water partition coefficient (Wildman–Crippen LogP) is 1.95. The van der Waals surface area contributed by atoms with Gasteiger partial charge in [-0.2, -0.15) is 0 Å². The molecule has 1 aromatic heterocycles. The molecular formula is C18H21N3O4S. The predicted molar refractivity (Wildman–Crippen MR) is 97.5 cm³/mol. The van der Waals surface area contributed by atoms with Crippen LogP contribution in [0, 0.1) is 0 Å². The number of sulfonamides is 1. The van der Waals surface area contributed by atoms with E-state index in [9.17, 15) is 13.2 Å². The Kier molecular flexibility index (Phi) is 5.53. The van der Waals surface area contributed by atoms with E-state index in [2.05, 4.69) is 19.3 Å². The van der Waals surface area contributed by atoms with E-state index in [-0.39, 0.29) is 17.0 Å². The summed E-state index contributed by atoms with van der Waals surface area (Å²) in [6.45, 7) is 2.14. The number of hydrogen-bond acceptors (Lipinski definition) is 6. The lowest BCUT2D eigenvalue weighted by Gasteiger charge is -2.16. The minimum Gasteiger partial charge on any atom is -0.465 e. The van der Waals surface area contributed by atoms with Crippen molar-refractivity contribution in [1.29, 1.82) is 0 Å². The Morgan fingerprint density at radius 2 is 2.00 bits per heavy atom. The van der Waals surface area contributed by atoms with Gasteiger partial charge < -0.3 is 9.64 Å². The highest BCUT2D eigenvalue weighted by atomic mass is 32.2. The van der Waals surface area contributed by atoms with Crippen molar-refractivity contribution < 1.29 is 17.9 Å². The molecule has 1 aliphatic heterocycles. The number of pyridine rings is 1. The van der Waals surface area contributed by atoms with Gasteiger partial charge in [0, 0.05) is 25.8 Å². The molecule has 1 N–H and O–H groups in total. The second kappa shape index (κ2) is 7.84. The van der Waals surface area contributed by atoms with Crippen LogP contribution >= 0.6 is 0 Å². The van der Waals surface area contributed by atoms with Crippen molar-refractivity contribution in [3.05, 3.63) is 53.7 Å². The summed E-state index contributed by atoms with van der Waals surface area (Å²) >= 11 is 0. The van der Waals surface area contributed by atoms with Crippen LogP contribution < -0.4 is 9.62 Å². The summed E-state index contributed by atoms with van der Waals surface area (Å²) in [4.78, 5) is 18.2. The highest BCUT2D eigenvalue weighted by Crippen LogP contribution is 2.18. The van der Waals surface area contributed by atoms with Crippen molar-refractivity contribution >= 4 is 21.8 Å². The molecule has 2 heterocycles. The number of hydrogen-bond donors (Lipinski definition) is 1. The lowest BCUT2D eigenvalue weighted by Crippen LogP contribution is -2.24. The quantitative estimate of drug-likeness (QED) is 0.777. The van der Waals surface area contributed by atoms with Crippen LogP contribution in [0.5, 0.6) is 0 Å². The summed E-state index contributed by atoms with van der Waals surface area (Å²) in [5.74, 6) is 0.337. The third kappa shape index (κ3) is 4.20. The molecule has 2 aromatic rings. The van der Waals surface area contributed by atoms with Crippen LogP contribution in [0.15, 0.2) is 47.5 Å². The summed E-state index contributed by atoms with van der Waals surface area (Å²) in [5.41, 5.74) is 0.952. The maximum Gasteiger partial charge on any atom is 0.337 e. The summed E-state index contributed by atoms with van der Waals surface area (Å²) < 4.78 is 32.1. The standard InChI is InChI=1S/C18H21N3O4S/c1-25-18(22)15-5-4-6-16(11-15)26(23,24)20-13-14-7-8-17(19-12-14)21-9-2-3-10-21/h4-8,11-12,20H,2-3,9-10,13H2,1H3. The second-order valence-corrected chi connectivity index (χ2v) is 7.83. The SMILES string of the molecule is COC(=O)c1cccc(S(=O)(=O)NCc2ccc(N3CCCC3)nc2)c1. The van der Waals surface area contributed by atoms with Crippen LogP contribution in [-0.4, -0.2) is 39.6 Å². The fourth-order valence-corrected chi connectivity index (χ4v) is 3.89. The third-order valence-corrected chi connectivity index (χ3v) is 5.67. The van der Waals surface area contributed by atoms with E-state index in [1.807, 2.05) is 12.1 Å². The van der Waals surface area contributed by atoms with Gasteiger partial charge in [0.25, 0.3) is 0 Å². The van der Waals surface area contributed by atoms with E-state index in [0.717, 1.165) is 24.5 Å². The zero-order chi connectivity index (χ0) is 18.6. The molecule has 1 aromatic carbocycles. The molecule has 1 aliphatic rings. The summed E-state index contributed by atoms with van der Waals surface area (Å²) in [6.07, 6.45) is 4.03. The molecule has 1 saturated heterocycles. The van der Waals surface area contributed by atoms with Crippen LogP contribution in [0.2, 0.25) is 0 Å². The molecule has 0 amide bonds. The summed E-state index contributed by atoms with van der Waals surface area (Å²) in [7, 11) is -2.49. The summed E-state index contributed by atoms with van der Waals surface area (Å²) in [6, 6.07) is 9.52. The first-order valence-corrected chi connectivity index (χ1v) is 9.86. The van der Waals surface area contributed by atoms with Gasteiger partial charge in [0.15, 0.2) is 0 Å². The van der Waals surface area contributed by atoms with E-state index in [1.54, 1.807) is 6.20 Å². The van der Waals surface area contributed by atoms with Gasteiger partial charge in [-0.15, -0.1) is 0 Å². The topological polar surface area (TPSA) is 88.6 Å². The van der Waals surface area contributed by atoms with Crippen molar-refractivity contribution in [2.24, 2.45) is 0 Å². The van der Waals surface area contributed by atoms with Crippen molar-refractivity contribution in [2.45, 2.75) is 24.3 Å². The molecule has 0 spiro atoms. The average molecular weight is 375 g/mol. The smallest absolute Gasteiger partial charge is 0.337 e. The van der Waals surface area contributed by atoms with Gasteiger partial charge in [0.1, 0.15) is 5.82 Å². The number of esters is 1. The Morgan fingerprint density at radius 3 is 2.65 bits per heavy atom. The number of aromatic nitrogens is 1. The molecule has 0 radical (unpaired) electrons. The number of nitrogens with one attached hydrogen (secondary N) is 1. The molecule has 1 fully saturated rings. The highest BCUT2D eigenvalue weighted by Gasteiger charge is 2.17. The number of benzene rings is 1. The van der Waals surface area contributed by atoms with Gasteiger partial charge in [0.05, 0.1) is 17.6 Å². The Morgan fingerprint density at radius 1 is 1.23 bits per heavy atom. The van der Waals surface area contributed by atoms with Crippen molar-refractivity contribution in [2.75, 3.05) is 25.1 Å². The fourth-order valence-electron chi connectivity index (χ4n) is 2.82. The molecule has 0 unspecified atom stereocenters. The number of methoxy groups -OCH3 is 1. The van der Waals surface area contributed by atoms with Gasteiger partial charge in [0.2, 0.25) is 10.0 Å². The molecule has 3 rings (SSSR count).